The smallest absolute Gasteiger partial charge is 0.236 e. The molecular weight excluding hydrogens is 436 g/mol. The van der Waals surface area contributed by atoms with E-state index in [4.69, 9.17) is 0 Å². The highest BCUT2D eigenvalue weighted by molar-refractivity contribution is 6.23. The Morgan fingerprint density at radius 3 is 2.17 bits per heavy atom. The number of anilines is 2. The number of hydrogen-bond acceptors (Lipinski definition) is 1. The molecule has 0 atom stereocenters. The fourth-order valence-corrected chi connectivity index (χ4v) is 6.14. The molecule has 3 aliphatic rings. The van der Waals surface area contributed by atoms with Crippen LogP contribution in [0.25, 0.3) is 27.5 Å². The van der Waals surface area contributed by atoms with Crippen molar-refractivity contribution in [3.63, 3.8) is 0 Å². The second-order valence-electron chi connectivity index (χ2n) is 9.59. The lowest BCUT2D eigenvalue weighted by Crippen LogP contribution is -2.36. The van der Waals surface area contributed by atoms with Crippen molar-refractivity contribution < 1.29 is 0 Å². The van der Waals surface area contributed by atoms with Gasteiger partial charge < -0.3 is 0 Å². The maximum atomic E-state index is 2.51. The van der Waals surface area contributed by atoms with Gasteiger partial charge in [0.15, 0.2) is 0 Å². The predicted octanol–water partition coefficient (Wildman–Crippen LogP) is 8.62. The summed E-state index contributed by atoms with van der Waals surface area (Å²) in [7, 11) is 0. The topological polar surface area (TPSA) is 6.25 Å². The Hall–Kier alpha value is -4.69. The Morgan fingerprint density at radius 1 is 0.611 bits per heavy atom. The first-order valence-corrected chi connectivity index (χ1v) is 12.5. The summed E-state index contributed by atoms with van der Waals surface area (Å²) in [6.45, 7) is 0. The van der Waals surface area contributed by atoms with Gasteiger partial charge in [0.05, 0.1) is 12.1 Å². The summed E-state index contributed by atoms with van der Waals surface area (Å²) in [5.41, 5.74) is 12.7. The number of rotatable bonds is 2. The third-order valence-electron chi connectivity index (χ3n) is 7.66. The van der Waals surface area contributed by atoms with Gasteiger partial charge in [0.2, 0.25) is 17.1 Å². The van der Waals surface area contributed by atoms with E-state index >= 15 is 0 Å². The number of allylic oxidation sites excluding steroid dienone is 4. The molecular formula is C34H23N2+. The number of benzene rings is 5. The van der Waals surface area contributed by atoms with Gasteiger partial charge in [-0.15, -0.1) is 0 Å². The first kappa shape index (κ1) is 19.6. The minimum absolute atomic E-state index is 0.864. The zero-order valence-corrected chi connectivity index (χ0v) is 19.7. The van der Waals surface area contributed by atoms with E-state index in [9.17, 15) is 0 Å². The molecule has 5 aromatic carbocycles. The van der Waals surface area contributed by atoms with E-state index in [0.29, 0.717) is 0 Å². The van der Waals surface area contributed by atoms with E-state index in [-0.39, 0.29) is 0 Å². The second kappa shape index (κ2) is 7.40. The summed E-state index contributed by atoms with van der Waals surface area (Å²) in [4.78, 5) is 2.51. The largest absolute Gasteiger partial charge is 0.298 e. The molecule has 0 saturated carbocycles. The first-order chi connectivity index (χ1) is 17.9. The van der Waals surface area contributed by atoms with Crippen LogP contribution in [0.2, 0.25) is 0 Å². The molecule has 1 aliphatic carbocycles. The van der Waals surface area contributed by atoms with Crippen LogP contribution in [0.5, 0.6) is 0 Å². The zero-order valence-electron chi connectivity index (χ0n) is 19.7. The van der Waals surface area contributed by atoms with E-state index in [2.05, 4.69) is 137 Å². The van der Waals surface area contributed by atoms with E-state index in [0.717, 1.165) is 6.42 Å². The lowest BCUT2D eigenvalue weighted by molar-refractivity contribution is 1.00. The monoisotopic (exact) mass is 459 g/mol. The molecule has 0 fully saturated rings. The zero-order chi connectivity index (χ0) is 23.6. The summed E-state index contributed by atoms with van der Waals surface area (Å²) < 4.78 is 2.48. The molecule has 2 heteroatoms. The van der Waals surface area contributed by atoms with Crippen molar-refractivity contribution in [1.29, 1.82) is 0 Å². The van der Waals surface area contributed by atoms with Crippen molar-refractivity contribution >= 4 is 44.8 Å². The molecule has 5 aromatic rings. The minimum Gasteiger partial charge on any atom is -0.298 e. The van der Waals surface area contributed by atoms with E-state index < -0.39 is 0 Å². The van der Waals surface area contributed by atoms with Crippen LogP contribution >= 0.6 is 0 Å². The number of fused-ring (bicyclic) bond motifs is 4. The second-order valence-corrected chi connectivity index (χ2v) is 9.59. The van der Waals surface area contributed by atoms with E-state index in [1.807, 2.05) is 0 Å². The van der Waals surface area contributed by atoms with E-state index in [1.165, 1.54) is 67.2 Å². The van der Waals surface area contributed by atoms with Crippen molar-refractivity contribution in [3.05, 3.63) is 139 Å². The van der Waals surface area contributed by atoms with Crippen LogP contribution in [0.1, 0.15) is 12.0 Å². The van der Waals surface area contributed by atoms with Crippen LogP contribution in [0, 0.1) is 0 Å². The maximum Gasteiger partial charge on any atom is 0.236 e. The van der Waals surface area contributed by atoms with Crippen molar-refractivity contribution in [2.24, 2.45) is 0 Å². The van der Waals surface area contributed by atoms with Crippen molar-refractivity contribution in [3.8, 4) is 11.1 Å². The molecule has 8 rings (SSSR count). The molecule has 0 saturated heterocycles. The van der Waals surface area contributed by atoms with Gasteiger partial charge in [-0.2, -0.15) is 4.58 Å². The molecule has 0 unspecified atom stereocenters. The van der Waals surface area contributed by atoms with Crippen LogP contribution < -0.4 is 9.48 Å². The quantitative estimate of drug-likeness (QED) is 0.240. The highest BCUT2D eigenvalue weighted by Gasteiger charge is 2.43. The van der Waals surface area contributed by atoms with Gasteiger partial charge in [-0.3, -0.25) is 4.90 Å². The van der Waals surface area contributed by atoms with Gasteiger partial charge in [-0.25, -0.2) is 0 Å². The van der Waals surface area contributed by atoms with Crippen LogP contribution in [-0.4, -0.2) is 5.71 Å². The Labute approximate surface area is 210 Å². The third kappa shape index (κ3) is 2.64. The standard InChI is InChI=1S/C34H23N2/c1-3-10-23(11-4-1)25-20-21-29-32(22-25)35(26-14-5-2-6-15-26)31-19-9-17-28-27-16-7-12-24-13-8-18-30(33(24)27)36(29)34(28)31/h1-21H,22H2/q+1. The molecule has 2 nitrogen and oxygen atoms in total. The highest BCUT2D eigenvalue weighted by Crippen LogP contribution is 2.55. The number of para-hydroxylation sites is 2. The molecule has 0 bridgehead atoms. The third-order valence-corrected chi connectivity index (χ3v) is 7.66. The predicted molar refractivity (Wildman–Crippen MR) is 152 cm³/mol. The van der Waals surface area contributed by atoms with Gasteiger partial charge >= 0.3 is 0 Å². The summed E-state index contributed by atoms with van der Waals surface area (Å²) >= 11 is 0. The Morgan fingerprint density at radius 2 is 1.33 bits per heavy atom. The summed E-state index contributed by atoms with van der Waals surface area (Å²) in [6, 6.07) is 41.7. The minimum atomic E-state index is 0.864. The molecule has 0 radical (unpaired) electrons. The lowest BCUT2D eigenvalue weighted by Gasteiger charge is -2.38. The van der Waals surface area contributed by atoms with Crippen LogP contribution in [-0.2, 0) is 0 Å². The van der Waals surface area contributed by atoms with Gasteiger partial charge in [-0.1, -0.05) is 97.1 Å². The molecule has 36 heavy (non-hydrogen) atoms. The Balaban J connectivity index is 1.49. The fourth-order valence-electron chi connectivity index (χ4n) is 6.14. The van der Waals surface area contributed by atoms with Crippen molar-refractivity contribution in [2.45, 2.75) is 6.42 Å². The average molecular weight is 460 g/mol. The van der Waals surface area contributed by atoms with Crippen LogP contribution in [0.3, 0.4) is 0 Å². The van der Waals surface area contributed by atoms with Gasteiger partial charge in [0, 0.05) is 29.1 Å². The van der Waals surface area contributed by atoms with Crippen LogP contribution in [0.15, 0.2) is 133 Å². The normalized spacial score (nSPS) is 15.3. The van der Waals surface area contributed by atoms with Crippen LogP contribution in [0.4, 0.5) is 22.7 Å². The van der Waals surface area contributed by atoms with Crippen molar-refractivity contribution in [1.82, 2.24) is 4.58 Å². The van der Waals surface area contributed by atoms with Crippen molar-refractivity contribution in [2.75, 3.05) is 4.90 Å². The average Bonchev–Trinajstić information content (AvgIpc) is 2.95. The molecule has 0 N–H and O–H groups in total. The first-order valence-electron chi connectivity index (χ1n) is 12.5. The Kier molecular flexibility index (Phi) is 4.03. The lowest BCUT2D eigenvalue weighted by atomic mass is 9.86. The maximum absolute atomic E-state index is 2.51. The molecule has 168 valence electrons. The number of hydrogen-bond donors (Lipinski definition) is 0. The summed E-state index contributed by atoms with van der Waals surface area (Å²) in [6.07, 6.45) is 5.50. The fraction of sp³-hybridized carbons (Fsp3) is 0.0294. The molecule has 2 heterocycles. The van der Waals surface area contributed by atoms with E-state index in [1.54, 1.807) is 0 Å². The Bertz CT molecular complexity index is 1780. The van der Waals surface area contributed by atoms with Gasteiger partial charge in [0.25, 0.3) is 0 Å². The molecule has 0 spiro atoms. The number of nitrogens with zero attached hydrogens (tertiary/aromatic N) is 2. The summed E-state index contributed by atoms with van der Waals surface area (Å²) in [5, 5.41) is 2.61. The SMILES string of the molecule is C1=C(c2ccccc2)CC2=[N+](c3ccccc3)c3cccc4c3N(C2=C1)c1cccc2cccc-4c12. The van der Waals surface area contributed by atoms with Gasteiger partial charge in [0.1, 0.15) is 11.4 Å². The highest BCUT2D eigenvalue weighted by atomic mass is 15.2. The van der Waals surface area contributed by atoms with Gasteiger partial charge in [-0.05, 0) is 34.2 Å². The summed E-state index contributed by atoms with van der Waals surface area (Å²) in [5.74, 6) is 0. The molecule has 0 aromatic heterocycles. The molecule has 2 aliphatic heterocycles. The molecule has 0 amide bonds.